The summed E-state index contributed by atoms with van der Waals surface area (Å²) in [5.41, 5.74) is -0.00683. The molecule has 1 fully saturated rings. The van der Waals surface area contributed by atoms with Crippen molar-refractivity contribution in [1.29, 1.82) is 0 Å². The van der Waals surface area contributed by atoms with Crippen LogP contribution >= 0.6 is 0 Å². The minimum atomic E-state index is -0.00683. The molecule has 0 saturated carbocycles. The van der Waals surface area contributed by atoms with Gasteiger partial charge in [-0.3, -0.25) is 10.1 Å². The molecule has 1 aliphatic heterocycles. The number of likely N-dealkylation sites (N-methyl/N-ethyl adjacent to an activating group) is 1. The molecule has 2 atom stereocenters. The lowest BCUT2D eigenvalue weighted by Crippen LogP contribution is -2.53. The molecule has 4 nitrogen and oxygen atoms in total. The second kappa shape index (κ2) is 5.57. The number of nitrogens with zero attached hydrogens (tertiary/aromatic N) is 2. The number of nitrogens with one attached hydrogen (secondary N) is 1. The molecule has 0 spiro atoms. The highest BCUT2D eigenvalue weighted by atomic mass is 16.2. The van der Waals surface area contributed by atoms with Gasteiger partial charge in [-0.1, -0.05) is 20.8 Å². The van der Waals surface area contributed by atoms with E-state index < -0.39 is 0 Å². The summed E-state index contributed by atoms with van der Waals surface area (Å²) >= 11 is 0. The average molecular weight is 255 g/mol. The maximum atomic E-state index is 12.4. The second-order valence-corrected chi connectivity index (χ2v) is 6.49. The van der Waals surface area contributed by atoms with E-state index in [4.69, 9.17) is 0 Å². The summed E-state index contributed by atoms with van der Waals surface area (Å²) < 4.78 is 0. The van der Waals surface area contributed by atoms with Crippen LogP contribution in [0.3, 0.4) is 0 Å². The van der Waals surface area contributed by atoms with Crippen LogP contribution in [0, 0.1) is 5.92 Å². The molecule has 4 heteroatoms. The Morgan fingerprint density at radius 1 is 1.39 bits per heavy atom. The van der Waals surface area contributed by atoms with E-state index in [0.717, 1.165) is 13.0 Å². The smallest absolute Gasteiger partial charge is 0.241 e. The van der Waals surface area contributed by atoms with Crippen LogP contribution in [0.2, 0.25) is 0 Å². The average Bonchev–Trinajstić information content (AvgIpc) is 2.55. The first-order chi connectivity index (χ1) is 8.20. The molecule has 106 valence electrons. The standard InChI is InChI=1S/C14H29N3O/c1-8-11-13(18)17(12(15-11)10(2)3)9-14(4,5)16(6)7/h10-12,15H,8-9H2,1-7H3. The molecule has 0 aromatic rings. The van der Waals surface area contributed by atoms with E-state index in [1.54, 1.807) is 0 Å². The van der Waals surface area contributed by atoms with Gasteiger partial charge in [-0.25, -0.2) is 0 Å². The molecule has 1 rings (SSSR count). The maximum Gasteiger partial charge on any atom is 0.241 e. The minimum Gasteiger partial charge on any atom is -0.324 e. The number of amides is 1. The summed E-state index contributed by atoms with van der Waals surface area (Å²) in [6, 6.07) is -0.00429. The zero-order valence-corrected chi connectivity index (χ0v) is 12.9. The number of rotatable bonds is 5. The maximum absolute atomic E-state index is 12.4. The molecule has 0 bridgehead atoms. The number of hydrogen-bond donors (Lipinski definition) is 1. The van der Waals surface area contributed by atoms with Crippen LogP contribution in [-0.2, 0) is 4.79 Å². The van der Waals surface area contributed by atoms with Crippen molar-refractivity contribution in [2.45, 2.75) is 58.8 Å². The van der Waals surface area contributed by atoms with Crippen LogP contribution < -0.4 is 5.32 Å². The Morgan fingerprint density at radius 2 is 1.94 bits per heavy atom. The van der Waals surface area contributed by atoms with Crippen molar-refractivity contribution in [2.75, 3.05) is 20.6 Å². The lowest BCUT2D eigenvalue weighted by atomic mass is 10.0. The highest BCUT2D eigenvalue weighted by Crippen LogP contribution is 2.23. The van der Waals surface area contributed by atoms with Crippen LogP contribution in [0.5, 0.6) is 0 Å². The molecule has 1 saturated heterocycles. The van der Waals surface area contributed by atoms with E-state index in [1.807, 2.05) is 4.90 Å². The minimum absolute atomic E-state index is 0.00429. The Bertz CT molecular complexity index is 299. The third-order valence-corrected chi connectivity index (χ3v) is 4.10. The first-order valence-electron chi connectivity index (χ1n) is 6.94. The first-order valence-corrected chi connectivity index (χ1v) is 6.94. The molecule has 0 aromatic carbocycles. The molecule has 18 heavy (non-hydrogen) atoms. The van der Waals surface area contributed by atoms with Gasteiger partial charge < -0.3 is 9.80 Å². The third-order valence-electron chi connectivity index (χ3n) is 4.10. The van der Waals surface area contributed by atoms with E-state index in [9.17, 15) is 4.79 Å². The van der Waals surface area contributed by atoms with Crippen LogP contribution in [0.25, 0.3) is 0 Å². The van der Waals surface area contributed by atoms with Gasteiger partial charge in [0.2, 0.25) is 5.91 Å². The molecule has 2 unspecified atom stereocenters. The Labute approximate surface area is 112 Å². The van der Waals surface area contributed by atoms with Gasteiger partial charge in [-0.05, 0) is 40.3 Å². The quantitative estimate of drug-likeness (QED) is 0.809. The van der Waals surface area contributed by atoms with Crippen LogP contribution in [0.15, 0.2) is 0 Å². The lowest BCUT2D eigenvalue weighted by molar-refractivity contribution is -0.132. The molecule has 1 heterocycles. The Kier molecular flexibility index (Phi) is 4.78. The lowest BCUT2D eigenvalue weighted by Gasteiger charge is -2.39. The molecule has 0 aliphatic carbocycles. The zero-order valence-electron chi connectivity index (χ0n) is 12.9. The molecule has 1 N–H and O–H groups in total. The van der Waals surface area contributed by atoms with Gasteiger partial charge in [0, 0.05) is 12.1 Å². The normalized spacial score (nSPS) is 25.6. The summed E-state index contributed by atoms with van der Waals surface area (Å²) in [7, 11) is 4.13. The number of carbonyl (C=O) groups is 1. The van der Waals surface area contributed by atoms with Gasteiger partial charge in [-0.15, -0.1) is 0 Å². The first kappa shape index (κ1) is 15.4. The van der Waals surface area contributed by atoms with E-state index >= 15 is 0 Å². The Morgan fingerprint density at radius 3 is 2.33 bits per heavy atom. The predicted molar refractivity (Wildman–Crippen MR) is 75.3 cm³/mol. The fourth-order valence-corrected chi connectivity index (χ4v) is 2.28. The van der Waals surface area contributed by atoms with Crippen LogP contribution in [0.4, 0.5) is 0 Å². The topological polar surface area (TPSA) is 35.6 Å². The SMILES string of the molecule is CCC1NC(C(C)C)N(CC(C)(C)N(C)C)C1=O. The van der Waals surface area contributed by atoms with Crippen molar-refractivity contribution < 1.29 is 4.79 Å². The number of carbonyl (C=O) groups excluding carboxylic acids is 1. The fourth-order valence-electron chi connectivity index (χ4n) is 2.28. The van der Waals surface area contributed by atoms with Crippen molar-refractivity contribution >= 4 is 5.91 Å². The number of hydrogen-bond acceptors (Lipinski definition) is 3. The fraction of sp³-hybridized carbons (Fsp3) is 0.929. The molecule has 1 amide bonds. The Hall–Kier alpha value is -0.610. The van der Waals surface area contributed by atoms with Crippen molar-refractivity contribution in [3.63, 3.8) is 0 Å². The summed E-state index contributed by atoms with van der Waals surface area (Å²) in [6.07, 6.45) is 1.03. The summed E-state index contributed by atoms with van der Waals surface area (Å²) in [6.45, 7) is 11.5. The van der Waals surface area contributed by atoms with E-state index in [1.165, 1.54) is 0 Å². The monoisotopic (exact) mass is 255 g/mol. The van der Waals surface area contributed by atoms with Crippen molar-refractivity contribution in [1.82, 2.24) is 15.1 Å². The van der Waals surface area contributed by atoms with Gasteiger partial charge >= 0.3 is 0 Å². The molecular weight excluding hydrogens is 226 g/mol. The van der Waals surface area contributed by atoms with Gasteiger partial charge in [-0.2, -0.15) is 0 Å². The van der Waals surface area contributed by atoms with Gasteiger partial charge in [0.25, 0.3) is 0 Å². The largest absolute Gasteiger partial charge is 0.324 e. The summed E-state index contributed by atoms with van der Waals surface area (Å²) in [4.78, 5) is 16.6. The second-order valence-electron chi connectivity index (χ2n) is 6.49. The van der Waals surface area contributed by atoms with Crippen LogP contribution in [0.1, 0.15) is 41.0 Å². The molecule has 0 aromatic heterocycles. The molecule has 1 aliphatic rings. The molecule has 0 radical (unpaired) electrons. The van der Waals surface area contributed by atoms with Crippen molar-refractivity contribution in [3.8, 4) is 0 Å². The van der Waals surface area contributed by atoms with Crippen molar-refractivity contribution in [2.24, 2.45) is 5.92 Å². The van der Waals surface area contributed by atoms with Crippen LogP contribution in [-0.4, -0.2) is 54.1 Å². The summed E-state index contributed by atoms with van der Waals surface area (Å²) in [5, 5.41) is 3.46. The molecular formula is C14H29N3O. The zero-order chi connectivity index (χ0) is 14.1. The van der Waals surface area contributed by atoms with E-state index in [0.29, 0.717) is 5.92 Å². The van der Waals surface area contributed by atoms with Crippen molar-refractivity contribution in [3.05, 3.63) is 0 Å². The van der Waals surface area contributed by atoms with Gasteiger partial charge in [0.05, 0.1) is 12.2 Å². The Balaban J connectivity index is 2.86. The summed E-state index contributed by atoms with van der Waals surface area (Å²) in [5.74, 6) is 0.689. The van der Waals surface area contributed by atoms with Gasteiger partial charge in [0.1, 0.15) is 0 Å². The third kappa shape index (κ3) is 3.04. The van der Waals surface area contributed by atoms with E-state index in [2.05, 4.69) is 58.9 Å². The highest BCUT2D eigenvalue weighted by Gasteiger charge is 2.41. The highest BCUT2D eigenvalue weighted by molar-refractivity contribution is 5.84. The van der Waals surface area contributed by atoms with E-state index in [-0.39, 0.29) is 23.7 Å². The van der Waals surface area contributed by atoms with Gasteiger partial charge in [0.15, 0.2) is 0 Å². The predicted octanol–water partition coefficient (Wildman–Crippen LogP) is 1.52.